The quantitative estimate of drug-likeness (QED) is 0.315. The van der Waals surface area contributed by atoms with Gasteiger partial charge in [0, 0.05) is 4.47 Å². The topological polar surface area (TPSA) is 83.6 Å². The molecule has 4 aromatic rings. The van der Waals surface area contributed by atoms with Gasteiger partial charge in [0.1, 0.15) is 5.76 Å². The first kappa shape index (κ1) is 21.6. The Kier molecular flexibility index (Phi) is 5.22. The summed E-state index contributed by atoms with van der Waals surface area (Å²) >= 11 is 4.82. The number of aliphatic hydroxyl groups excluding tert-OH is 1. The molecule has 1 atom stereocenters. The van der Waals surface area contributed by atoms with E-state index < -0.39 is 23.5 Å². The summed E-state index contributed by atoms with van der Waals surface area (Å²) in [5, 5.41) is 11.3. The molecule has 1 aliphatic rings. The molecule has 0 aliphatic carbocycles. The molecule has 8 heteroatoms. The molecule has 2 aromatic carbocycles. The van der Waals surface area contributed by atoms with Crippen molar-refractivity contribution in [2.24, 2.45) is 0 Å². The van der Waals surface area contributed by atoms with Gasteiger partial charge in [0.05, 0.1) is 21.8 Å². The minimum atomic E-state index is -0.852. The summed E-state index contributed by atoms with van der Waals surface area (Å²) in [4.78, 5) is 32.9. The number of aryl methyl sites for hydroxylation is 3. The first-order valence-electron chi connectivity index (χ1n) is 10.3. The van der Waals surface area contributed by atoms with E-state index in [2.05, 4.69) is 15.9 Å². The van der Waals surface area contributed by atoms with Gasteiger partial charge in [0.15, 0.2) is 16.7 Å². The molecule has 1 amide bonds. The number of benzene rings is 2. The number of halogens is 1. The third kappa shape index (κ3) is 3.59. The zero-order valence-electron chi connectivity index (χ0n) is 18.0. The van der Waals surface area contributed by atoms with E-state index in [0.29, 0.717) is 16.5 Å². The number of hydrogen-bond acceptors (Lipinski definition) is 6. The van der Waals surface area contributed by atoms with Crippen molar-refractivity contribution >= 4 is 54.3 Å². The van der Waals surface area contributed by atoms with Crippen LogP contribution in [0.25, 0.3) is 10.2 Å². The number of Topliss-reactive ketones (excluding diaryl/α,β-unsaturated/α-hetero) is 1. The van der Waals surface area contributed by atoms with Gasteiger partial charge < -0.3 is 9.52 Å². The van der Waals surface area contributed by atoms with E-state index in [0.717, 1.165) is 25.8 Å². The minimum Gasteiger partial charge on any atom is -0.503 e. The lowest BCUT2D eigenvalue weighted by molar-refractivity contribution is -0.117. The standard InChI is InChI=1S/C25H19BrN2O4S/c1-12-9-13(2)20-18(10-12)33-25(27-20)28-21(15-5-4-6-16(26)11-15)19(23(30)24(28)31)22(29)17-8-7-14(3)32-17/h4-11,21,30H,1-3H3/t21-/m1/s1. The molecule has 0 spiro atoms. The largest absolute Gasteiger partial charge is 0.503 e. The average molecular weight is 523 g/mol. The molecule has 6 nitrogen and oxygen atoms in total. The van der Waals surface area contributed by atoms with E-state index in [-0.39, 0.29) is 11.3 Å². The minimum absolute atomic E-state index is 0.0281. The van der Waals surface area contributed by atoms with Crippen molar-refractivity contribution in [2.45, 2.75) is 26.8 Å². The number of fused-ring (bicyclic) bond motifs is 1. The predicted molar refractivity (Wildman–Crippen MR) is 131 cm³/mol. The van der Waals surface area contributed by atoms with Crippen molar-refractivity contribution in [3.05, 3.63) is 92.5 Å². The maximum Gasteiger partial charge on any atom is 0.296 e. The van der Waals surface area contributed by atoms with Crippen LogP contribution in [0.5, 0.6) is 0 Å². The Morgan fingerprint density at radius 2 is 1.94 bits per heavy atom. The number of carbonyl (C=O) groups excluding carboxylic acids is 2. The molecular weight excluding hydrogens is 504 g/mol. The van der Waals surface area contributed by atoms with Gasteiger partial charge >= 0.3 is 0 Å². The van der Waals surface area contributed by atoms with Crippen LogP contribution in [0.3, 0.4) is 0 Å². The van der Waals surface area contributed by atoms with Gasteiger partial charge in [-0.05, 0) is 67.8 Å². The van der Waals surface area contributed by atoms with Gasteiger partial charge in [0.2, 0.25) is 5.78 Å². The number of ketones is 1. The Hall–Kier alpha value is -3.23. The third-order valence-corrected chi connectivity index (χ3v) is 7.10. The molecule has 33 heavy (non-hydrogen) atoms. The van der Waals surface area contributed by atoms with Crippen molar-refractivity contribution in [3.63, 3.8) is 0 Å². The molecule has 1 N–H and O–H groups in total. The lowest BCUT2D eigenvalue weighted by Gasteiger charge is -2.24. The Balaban J connectivity index is 1.70. The number of anilines is 1. The molecule has 0 fully saturated rings. The van der Waals surface area contributed by atoms with Crippen LogP contribution in [0.1, 0.15) is 39.0 Å². The second-order valence-corrected chi connectivity index (χ2v) is 9.98. The number of furan rings is 1. The third-order valence-electron chi connectivity index (χ3n) is 5.61. The lowest BCUT2D eigenvalue weighted by atomic mass is 9.95. The van der Waals surface area contributed by atoms with Crippen LogP contribution in [0, 0.1) is 20.8 Å². The first-order chi connectivity index (χ1) is 15.7. The zero-order valence-corrected chi connectivity index (χ0v) is 20.5. The monoisotopic (exact) mass is 522 g/mol. The Labute approximate surface area is 202 Å². The van der Waals surface area contributed by atoms with Crippen molar-refractivity contribution < 1.29 is 19.1 Å². The fourth-order valence-electron chi connectivity index (χ4n) is 4.18. The summed E-state index contributed by atoms with van der Waals surface area (Å²) in [5.41, 5.74) is 3.52. The number of amides is 1. The van der Waals surface area contributed by atoms with Gasteiger partial charge in [-0.15, -0.1) is 0 Å². The molecule has 3 heterocycles. The lowest BCUT2D eigenvalue weighted by Crippen LogP contribution is -2.31. The number of nitrogens with zero attached hydrogens (tertiary/aromatic N) is 2. The highest BCUT2D eigenvalue weighted by atomic mass is 79.9. The smallest absolute Gasteiger partial charge is 0.296 e. The summed E-state index contributed by atoms with van der Waals surface area (Å²) in [7, 11) is 0. The number of rotatable bonds is 4. The second kappa shape index (κ2) is 7.97. The Bertz CT molecular complexity index is 1480. The van der Waals surface area contributed by atoms with E-state index in [1.54, 1.807) is 19.1 Å². The summed E-state index contributed by atoms with van der Waals surface area (Å²) < 4.78 is 7.24. The number of hydrogen-bond donors (Lipinski definition) is 1. The van der Waals surface area contributed by atoms with E-state index in [4.69, 9.17) is 9.40 Å². The van der Waals surface area contributed by atoms with Crippen molar-refractivity contribution in [2.75, 3.05) is 4.90 Å². The zero-order chi connectivity index (χ0) is 23.4. The highest BCUT2D eigenvalue weighted by Crippen LogP contribution is 2.45. The number of thiazole rings is 1. The molecule has 0 saturated carbocycles. The normalized spacial score (nSPS) is 16.3. The van der Waals surface area contributed by atoms with Crippen LogP contribution in [0.2, 0.25) is 0 Å². The Morgan fingerprint density at radius 1 is 1.15 bits per heavy atom. The number of aromatic nitrogens is 1. The van der Waals surface area contributed by atoms with E-state index in [1.165, 1.54) is 16.2 Å². The van der Waals surface area contributed by atoms with Crippen LogP contribution in [-0.4, -0.2) is 21.8 Å². The average Bonchev–Trinajstić information content (AvgIpc) is 3.44. The maximum atomic E-state index is 13.4. The molecule has 0 unspecified atom stereocenters. The van der Waals surface area contributed by atoms with Crippen LogP contribution in [0.15, 0.2) is 68.8 Å². The van der Waals surface area contributed by atoms with Crippen LogP contribution < -0.4 is 4.90 Å². The molecule has 1 aliphatic heterocycles. The highest BCUT2D eigenvalue weighted by molar-refractivity contribution is 9.10. The first-order valence-corrected chi connectivity index (χ1v) is 11.9. The van der Waals surface area contributed by atoms with Crippen molar-refractivity contribution in [3.8, 4) is 0 Å². The molecule has 0 bridgehead atoms. The van der Waals surface area contributed by atoms with Crippen LogP contribution in [-0.2, 0) is 4.79 Å². The fourth-order valence-corrected chi connectivity index (χ4v) is 5.76. The van der Waals surface area contributed by atoms with Crippen LogP contribution >= 0.6 is 27.3 Å². The van der Waals surface area contributed by atoms with Gasteiger partial charge in [-0.3, -0.25) is 14.5 Å². The predicted octanol–water partition coefficient (Wildman–Crippen LogP) is 6.36. The fraction of sp³-hybridized carbons (Fsp3) is 0.160. The maximum absolute atomic E-state index is 13.4. The van der Waals surface area contributed by atoms with Gasteiger partial charge in [-0.2, -0.15) is 0 Å². The molecule has 0 saturated heterocycles. The summed E-state index contributed by atoms with van der Waals surface area (Å²) in [6.07, 6.45) is 0. The van der Waals surface area contributed by atoms with E-state index in [1.807, 2.05) is 50.2 Å². The summed E-state index contributed by atoms with van der Waals surface area (Å²) in [6.45, 7) is 5.71. The molecule has 5 rings (SSSR count). The van der Waals surface area contributed by atoms with Crippen molar-refractivity contribution in [1.29, 1.82) is 0 Å². The SMILES string of the molecule is Cc1cc(C)c2nc(N3C(=O)C(O)=C(C(=O)c4ccc(C)o4)[C@H]3c3cccc(Br)c3)sc2c1. The second-order valence-electron chi connectivity index (χ2n) is 8.06. The molecular formula is C25H19BrN2O4S. The number of aliphatic hydroxyl groups is 1. The van der Waals surface area contributed by atoms with E-state index >= 15 is 0 Å². The highest BCUT2D eigenvalue weighted by Gasteiger charge is 2.46. The Morgan fingerprint density at radius 3 is 2.64 bits per heavy atom. The van der Waals surface area contributed by atoms with Gasteiger partial charge in [-0.25, -0.2) is 4.98 Å². The summed E-state index contributed by atoms with van der Waals surface area (Å²) in [5.74, 6) is -1.16. The van der Waals surface area contributed by atoms with Crippen molar-refractivity contribution in [1.82, 2.24) is 4.98 Å². The van der Waals surface area contributed by atoms with Crippen LogP contribution in [0.4, 0.5) is 5.13 Å². The van der Waals surface area contributed by atoms with E-state index in [9.17, 15) is 14.7 Å². The molecule has 2 aromatic heterocycles. The molecule has 166 valence electrons. The van der Waals surface area contributed by atoms with Gasteiger partial charge in [-0.1, -0.05) is 45.5 Å². The van der Waals surface area contributed by atoms with Gasteiger partial charge in [0.25, 0.3) is 5.91 Å². The number of carbonyl (C=O) groups is 2. The molecule has 0 radical (unpaired) electrons. The summed E-state index contributed by atoms with van der Waals surface area (Å²) in [6, 6.07) is 13.7.